The van der Waals surface area contributed by atoms with Crippen LogP contribution in [0, 0.1) is 0 Å². The summed E-state index contributed by atoms with van der Waals surface area (Å²) in [6.07, 6.45) is 1.49. The smallest absolute Gasteiger partial charge is 0.291 e. The Kier molecular flexibility index (Phi) is 6.47. The number of carbonyl (C=O) groups is 2. The summed E-state index contributed by atoms with van der Waals surface area (Å²) >= 11 is 0.687. The van der Waals surface area contributed by atoms with Gasteiger partial charge >= 0.3 is 0 Å². The van der Waals surface area contributed by atoms with E-state index in [1.165, 1.54) is 18.4 Å². The minimum Gasteiger partial charge on any atom is -0.467 e. The quantitative estimate of drug-likeness (QED) is 0.327. The van der Waals surface area contributed by atoms with Gasteiger partial charge in [0, 0.05) is 5.56 Å². The highest BCUT2D eigenvalue weighted by Crippen LogP contribution is 2.25. The van der Waals surface area contributed by atoms with E-state index >= 15 is 0 Å². The van der Waals surface area contributed by atoms with Gasteiger partial charge in [-0.15, -0.1) is 10.2 Å². The van der Waals surface area contributed by atoms with E-state index in [1.54, 1.807) is 54.6 Å². The number of benzene rings is 2. The number of amides is 2. The lowest BCUT2D eigenvalue weighted by molar-refractivity contribution is 0.0948. The van der Waals surface area contributed by atoms with Crippen molar-refractivity contribution >= 4 is 44.0 Å². The first kappa shape index (κ1) is 22.2. The third kappa shape index (κ3) is 5.42. The molecule has 0 aliphatic heterocycles. The molecule has 0 radical (unpaired) electrons. The average molecular weight is 484 g/mol. The molecular formula is C21H17N5O5S2. The van der Waals surface area contributed by atoms with E-state index in [0.29, 0.717) is 22.7 Å². The predicted molar refractivity (Wildman–Crippen MR) is 121 cm³/mol. The van der Waals surface area contributed by atoms with Gasteiger partial charge in [-0.25, -0.2) is 0 Å². The van der Waals surface area contributed by atoms with Crippen molar-refractivity contribution in [3.05, 3.63) is 89.9 Å². The summed E-state index contributed by atoms with van der Waals surface area (Å²) in [6.45, 7) is 0.147. The van der Waals surface area contributed by atoms with Crippen molar-refractivity contribution in [2.45, 2.75) is 10.9 Å². The molecule has 0 aliphatic rings. The normalized spacial score (nSPS) is 11.0. The lowest BCUT2D eigenvalue weighted by Crippen LogP contribution is -2.24. The summed E-state index contributed by atoms with van der Waals surface area (Å²) in [7, 11) is -4.16. The Labute approximate surface area is 192 Å². The highest BCUT2D eigenvalue weighted by Gasteiger charge is 2.23. The predicted octanol–water partition coefficient (Wildman–Crippen LogP) is 3.11. The molecule has 12 heteroatoms. The second-order valence-electron chi connectivity index (χ2n) is 6.61. The lowest BCUT2D eigenvalue weighted by atomic mass is 10.1. The molecule has 10 nitrogen and oxygen atoms in total. The first-order chi connectivity index (χ1) is 15.9. The summed E-state index contributed by atoms with van der Waals surface area (Å²) in [5.74, 6) is -0.375. The van der Waals surface area contributed by atoms with Crippen molar-refractivity contribution in [1.82, 2.24) is 15.5 Å². The number of sulfonamides is 1. The number of para-hydroxylation sites is 1. The molecule has 0 saturated heterocycles. The standard InChI is InChI=1S/C21H17N5O5S2/c27-18(14-7-2-1-3-8-14)23-20-24-25-21(32-20)33(29,30)26-17-11-5-4-10-16(17)19(28)22-13-15-9-6-12-31-15/h1-12,26H,13H2,(H,22,28)(H,23,24,27). The largest absolute Gasteiger partial charge is 0.467 e. The number of hydrogen-bond acceptors (Lipinski definition) is 8. The fourth-order valence-corrected chi connectivity index (χ4v) is 4.74. The molecule has 0 atom stereocenters. The molecule has 0 spiro atoms. The third-order valence-corrected chi connectivity index (χ3v) is 6.88. The molecular weight excluding hydrogens is 466 g/mol. The number of aromatic nitrogens is 2. The van der Waals surface area contributed by atoms with Crippen LogP contribution in [0.4, 0.5) is 10.8 Å². The van der Waals surface area contributed by atoms with Crippen molar-refractivity contribution in [3.8, 4) is 0 Å². The van der Waals surface area contributed by atoms with E-state index in [2.05, 4.69) is 25.6 Å². The van der Waals surface area contributed by atoms with E-state index < -0.39 is 21.8 Å². The highest BCUT2D eigenvalue weighted by atomic mass is 32.2. The van der Waals surface area contributed by atoms with E-state index in [4.69, 9.17) is 4.42 Å². The maximum absolute atomic E-state index is 12.8. The van der Waals surface area contributed by atoms with Gasteiger partial charge in [0.25, 0.3) is 26.2 Å². The van der Waals surface area contributed by atoms with Gasteiger partial charge in [0.05, 0.1) is 24.1 Å². The maximum Gasteiger partial charge on any atom is 0.291 e. The van der Waals surface area contributed by atoms with Gasteiger partial charge in [0.15, 0.2) is 0 Å². The zero-order valence-electron chi connectivity index (χ0n) is 16.9. The van der Waals surface area contributed by atoms with Crippen LogP contribution in [0.1, 0.15) is 26.5 Å². The Morgan fingerprint density at radius 2 is 1.67 bits per heavy atom. The molecule has 4 rings (SSSR count). The van der Waals surface area contributed by atoms with Gasteiger partial charge in [-0.2, -0.15) is 8.42 Å². The summed E-state index contributed by atoms with van der Waals surface area (Å²) in [4.78, 5) is 24.8. The number of anilines is 2. The van der Waals surface area contributed by atoms with Crippen LogP contribution >= 0.6 is 11.3 Å². The summed E-state index contributed by atoms with van der Waals surface area (Å²) in [5.41, 5.74) is 0.582. The molecule has 0 fully saturated rings. The van der Waals surface area contributed by atoms with E-state index in [1.807, 2.05) is 0 Å². The van der Waals surface area contributed by atoms with Gasteiger partial charge in [-0.1, -0.05) is 41.7 Å². The molecule has 2 heterocycles. The van der Waals surface area contributed by atoms with Crippen molar-refractivity contribution < 1.29 is 22.4 Å². The molecule has 168 valence electrons. The van der Waals surface area contributed by atoms with Crippen molar-refractivity contribution in [3.63, 3.8) is 0 Å². The monoisotopic (exact) mass is 483 g/mol. The minimum atomic E-state index is -4.16. The molecule has 0 unspecified atom stereocenters. The fourth-order valence-electron chi connectivity index (χ4n) is 2.76. The van der Waals surface area contributed by atoms with Gasteiger partial charge in [0.1, 0.15) is 5.76 Å². The first-order valence-corrected chi connectivity index (χ1v) is 11.8. The van der Waals surface area contributed by atoms with Gasteiger partial charge < -0.3 is 9.73 Å². The van der Waals surface area contributed by atoms with Crippen LogP contribution in [-0.2, 0) is 16.6 Å². The van der Waals surface area contributed by atoms with Crippen LogP contribution in [0.25, 0.3) is 0 Å². The molecule has 2 aromatic heterocycles. The summed E-state index contributed by atoms with van der Waals surface area (Å²) in [5, 5.41) is 12.6. The molecule has 2 aromatic carbocycles. The number of nitrogens with one attached hydrogen (secondary N) is 3. The molecule has 33 heavy (non-hydrogen) atoms. The van der Waals surface area contributed by atoms with E-state index in [9.17, 15) is 18.0 Å². The fraction of sp³-hybridized carbons (Fsp3) is 0.0476. The summed E-state index contributed by atoms with van der Waals surface area (Å²) < 4.78 is 32.8. The topological polar surface area (TPSA) is 143 Å². The van der Waals surface area contributed by atoms with Gasteiger partial charge in [-0.05, 0) is 36.4 Å². The number of hydrogen-bond donors (Lipinski definition) is 3. The third-order valence-electron chi connectivity index (χ3n) is 4.31. The van der Waals surface area contributed by atoms with Crippen molar-refractivity contribution in [1.29, 1.82) is 0 Å². The minimum absolute atomic E-state index is 0.0219. The second kappa shape index (κ2) is 9.63. The Morgan fingerprint density at radius 1 is 0.909 bits per heavy atom. The Balaban J connectivity index is 1.47. The number of rotatable bonds is 8. The number of furan rings is 1. The molecule has 3 N–H and O–H groups in total. The second-order valence-corrected chi connectivity index (χ2v) is 9.44. The Hall–Kier alpha value is -4.03. The zero-order valence-corrected chi connectivity index (χ0v) is 18.5. The highest BCUT2D eigenvalue weighted by molar-refractivity contribution is 7.94. The van der Waals surface area contributed by atoms with Crippen LogP contribution < -0.4 is 15.4 Å². The maximum atomic E-state index is 12.8. The van der Waals surface area contributed by atoms with Crippen LogP contribution in [-0.4, -0.2) is 30.4 Å². The molecule has 0 bridgehead atoms. The SMILES string of the molecule is O=C(Nc1nnc(S(=O)(=O)Nc2ccccc2C(=O)NCc2ccco2)s1)c1ccccc1. The average Bonchev–Trinajstić information content (AvgIpc) is 3.51. The van der Waals surface area contributed by atoms with E-state index in [-0.39, 0.29) is 27.3 Å². The van der Waals surface area contributed by atoms with Crippen LogP contribution in [0.3, 0.4) is 0 Å². The van der Waals surface area contributed by atoms with Crippen molar-refractivity contribution in [2.75, 3.05) is 10.0 Å². The van der Waals surface area contributed by atoms with Crippen LogP contribution in [0.5, 0.6) is 0 Å². The van der Waals surface area contributed by atoms with Crippen LogP contribution in [0.15, 0.2) is 81.8 Å². The molecule has 4 aromatic rings. The molecule has 0 saturated carbocycles. The van der Waals surface area contributed by atoms with E-state index in [0.717, 1.165) is 0 Å². The molecule has 2 amide bonds. The molecule has 0 aliphatic carbocycles. The van der Waals surface area contributed by atoms with Gasteiger partial charge in [-0.3, -0.25) is 19.6 Å². The first-order valence-electron chi connectivity index (χ1n) is 9.55. The Morgan fingerprint density at radius 3 is 2.42 bits per heavy atom. The van der Waals surface area contributed by atoms with Gasteiger partial charge in [0.2, 0.25) is 5.13 Å². The zero-order chi connectivity index (χ0) is 23.3. The Bertz CT molecular complexity index is 1370. The van der Waals surface area contributed by atoms with Crippen LogP contribution in [0.2, 0.25) is 0 Å². The summed E-state index contributed by atoms with van der Waals surface area (Å²) in [6, 6.07) is 18.0. The lowest BCUT2D eigenvalue weighted by Gasteiger charge is -2.11. The number of nitrogens with zero attached hydrogens (tertiary/aromatic N) is 2. The van der Waals surface area contributed by atoms with Crippen molar-refractivity contribution in [2.24, 2.45) is 0 Å². The number of carbonyl (C=O) groups excluding carboxylic acids is 2.